The number of aldehydes is 1. The highest BCUT2D eigenvalue weighted by atomic mass is 16.5. The fourth-order valence-corrected chi connectivity index (χ4v) is 4.75. The maximum absolute atomic E-state index is 10.5. The minimum Gasteiger partial charge on any atom is -0.365 e. The molecule has 18 heavy (non-hydrogen) atoms. The van der Waals surface area contributed by atoms with Crippen LogP contribution in [0.3, 0.4) is 0 Å². The lowest BCUT2D eigenvalue weighted by Gasteiger charge is -2.48. The first kappa shape index (κ1) is 14.0. The molecule has 4 atom stereocenters. The third-order valence-electron chi connectivity index (χ3n) is 5.65. The Morgan fingerprint density at radius 2 is 2.06 bits per heavy atom. The highest BCUT2D eigenvalue weighted by Crippen LogP contribution is 2.60. The smallest absolute Gasteiger partial charge is 0.165 e. The maximum Gasteiger partial charge on any atom is 0.165 e. The number of aliphatic hydroxyl groups is 2. The van der Waals surface area contributed by atoms with Crippen molar-refractivity contribution in [2.45, 2.75) is 64.6 Å². The Labute approximate surface area is 110 Å². The molecule has 2 rings (SSSR count). The van der Waals surface area contributed by atoms with Crippen molar-refractivity contribution in [3.63, 3.8) is 0 Å². The van der Waals surface area contributed by atoms with E-state index in [0.717, 1.165) is 38.4 Å². The fourth-order valence-electron chi connectivity index (χ4n) is 4.75. The van der Waals surface area contributed by atoms with E-state index in [1.165, 1.54) is 0 Å². The standard InChI is InChI=1S/C15H26O3/c1-11(5-3-10-16)12-6-7-13-14(12,2)8-4-9-15(13,17)18/h10-13,17-18H,3-9H2,1-2H3/t11?,12-,13?,14-/m1/s1. The highest BCUT2D eigenvalue weighted by Gasteiger charge is 2.57. The quantitative estimate of drug-likeness (QED) is 0.598. The first-order valence-electron chi connectivity index (χ1n) is 7.30. The Kier molecular flexibility index (Phi) is 3.84. The molecule has 0 aromatic carbocycles. The molecule has 3 nitrogen and oxygen atoms in total. The fraction of sp³-hybridized carbons (Fsp3) is 0.933. The van der Waals surface area contributed by atoms with Gasteiger partial charge in [0.1, 0.15) is 6.29 Å². The van der Waals surface area contributed by atoms with Gasteiger partial charge in [-0.2, -0.15) is 0 Å². The number of rotatable bonds is 4. The van der Waals surface area contributed by atoms with Gasteiger partial charge in [-0.1, -0.05) is 13.8 Å². The zero-order chi connectivity index (χ0) is 13.4. The molecule has 0 amide bonds. The summed E-state index contributed by atoms with van der Waals surface area (Å²) in [6, 6.07) is 0. The van der Waals surface area contributed by atoms with Gasteiger partial charge < -0.3 is 15.0 Å². The van der Waals surface area contributed by atoms with Crippen LogP contribution in [0.1, 0.15) is 58.8 Å². The van der Waals surface area contributed by atoms with Crippen LogP contribution in [0, 0.1) is 23.2 Å². The lowest BCUT2D eigenvalue weighted by atomic mass is 9.60. The van der Waals surface area contributed by atoms with Crippen LogP contribution in [0.4, 0.5) is 0 Å². The highest BCUT2D eigenvalue weighted by molar-refractivity contribution is 5.49. The average molecular weight is 254 g/mol. The third kappa shape index (κ3) is 2.23. The summed E-state index contributed by atoms with van der Waals surface area (Å²) in [5, 5.41) is 20.4. The summed E-state index contributed by atoms with van der Waals surface area (Å²) in [7, 11) is 0. The lowest BCUT2D eigenvalue weighted by molar-refractivity contribution is -0.245. The van der Waals surface area contributed by atoms with Crippen molar-refractivity contribution in [3.05, 3.63) is 0 Å². The van der Waals surface area contributed by atoms with Crippen LogP contribution in [-0.2, 0) is 4.79 Å². The second-order valence-electron chi connectivity index (χ2n) is 6.70. The van der Waals surface area contributed by atoms with Gasteiger partial charge >= 0.3 is 0 Å². The molecule has 0 heterocycles. The van der Waals surface area contributed by atoms with Crippen LogP contribution < -0.4 is 0 Å². The van der Waals surface area contributed by atoms with E-state index in [1.807, 2.05) is 0 Å². The van der Waals surface area contributed by atoms with E-state index in [4.69, 9.17) is 0 Å². The lowest BCUT2D eigenvalue weighted by Crippen LogP contribution is -2.50. The van der Waals surface area contributed by atoms with Crippen LogP contribution in [0.25, 0.3) is 0 Å². The van der Waals surface area contributed by atoms with Gasteiger partial charge in [0.05, 0.1) is 0 Å². The minimum absolute atomic E-state index is 0.0161. The summed E-state index contributed by atoms with van der Waals surface area (Å²) in [5.41, 5.74) is 0.0457. The summed E-state index contributed by atoms with van der Waals surface area (Å²) >= 11 is 0. The van der Waals surface area contributed by atoms with Gasteiger partial charge in [-0.25, -0.2) is 0 Å². The molecule has 2 unspecified atom stereocenters. The topological polar surface area (TPSA) is 57.5 Å². The van der Waals surface area contributed by atoms with Crippen LogP contribution in [0.5, 0.6) is 0 Å². The molecule has 104 valence electrons. The molecular formula is C15H26O3. The minimum atomic E-state index is -1.47. The second kappa shape index (κ2) is 4.93. The summed E-state index contributed by atoms with van der Waals surface area (Å²) < 4.78 is 0. The van der Waals surface area contributed by atoms with Crippen molar-refractivity contribution in [1.82, 2.24) is 0 Å². The van der Waals surface area contributed by atoms with Crippen molar-refractivity contribution in [1.29, 1.82) is 0 Å². The van der Waals surface area contributed by atoms with Crippen molar-refractivity contribution in [3.8, 4) is 0 Å². The predicted octanol–water partition coefficient (Wildman–Crippen LogP) is 2.50. The third-order valence-corrected chi connectivity index (χ3v) is 5.65. The van der Waals surface area contributed by atoms with Crippen molar-refractivity contribution < 1.29 is 15.0 Å². The summed E-state index contributed by atoms with van der Waals surface area (Å²) in [6.07, 6.45) is 7.05. The molecular weight excluding hydrogens is 228 g/mol. The number of fused-ring (bicyclic) bond motifs is 1. The molecule has 0 spiro atoms. The number of carbonyl (C=O) groups excluding carboxylic acids is 1. The molecule has 3 heteroatoms. The largest absolute Gasteiger partial charge is 0.365 e. The molecule has 2 aliphatic rings. The van der Waals surface area contributed by atoms with Crippen molar-refractivity contribution in [2.24, 2.45) is 23.2 Å². The normalized spacial score (nSPS) is 40.2. The maximum atomic E-state index is 10.5. The van der Waals surface area contributed by atoms with Crippen LogP contribution in [0.2, 0.25) is 0 Å². The van der Waals surface area contributed by atoms with E-state index in [-0.39, 0.29) is 11.3 Å². The first-order chi connectivity index (χ1) is 8.42. The van der Waals surface area contributed by atoms with E-state index in [1.54, 1.807) is 0 Å². The Bertz CT molecular complexity index is 313. The van der Waals surface area contributed by atoms with E-state index in [2.05, 4.69) is 13.8 Å². The van der Waals surface area contributed by atoms with E-state index in [0.29, 0.717) is 24.7 Å². The second-order valence-corrected chi connectivity index (χ2v) is 6.70. The molecule has 0 aliphatic heterocycles. The Morgan fingerprint density at radius 3 is 2.72 bits per heavy atom. The summed E-state index contributed by atoms with van der Waals surface area (Å²) in [5.74, 6) is -0.422. The molecule has 2 fully saturated rings. The molecule has 0 radical (unpaired) electrons. The van der Waals surface area contributed by atoms with Crippen LogP contribution in [0.15, 0.2) is 0 Å². The van der Waals surface area contributed by atoms with E-state index in [9.17, 15) is 15.0 Å². The first-order valence-corrected chi connectivity index (χ1v) is 7.30. The van der Waals surface area contributed by atoms with Gasteiger partial charge in [0.2, 0.25) is 0 Å². The molecule has 0 aromatic rings. The van der Waals surface area contributed by atoms with Gasteiger partial charge in [-0.15, -0.1) is 0 Å². The van der Waals surface area contributed by atoms with E-state index < -0.39 is 5.79 Å². The molecule has 0 saturated heterocycles. The van der Waals surface area contributed by atoms with Crippen molar-refractivity contribution >= 4 is 6.29 Å². The van der Waals surface area contributed by atoms with Gasteiger partial charge in [0.15, 0.2) is 5.79 Å². The number of hydrogen-bond donors (Lipinski definition) is 2. The molecule has 2 aliphatic carbocycles. The van der Waals surface area contributed by atoms with Gasteiger partial charge in [-0.3, -0.25) is 0 Å². The van der Waals surface area contributed by atoms with Crippen LogP contribution in [-0.4, -0.2) is 22.3 Å². The average Bonchev–Trinajstić information content (AvgIpc) is 2.64. The monoisotopic (exact) mass is 254 g/mol. The van der Waals surface area contributed by atoms with E-state index >= 15 is 0 Å². The van der Waals surface area contributed by atoms with Crippen LogP contribution >= 0.6 is 0 Å². The Morgan fingerprint density at radius 1 is 1.33 bits per heavy atom. The number of hydrogen-bond acceptors (Lipinski definition) is 3. The SMILES string of the molecule is CC(CCC=O)[C@H]1CCC2C(O)(O)CCC[C@@]21C. The molecule has 2 N–H and O–H groups in total. The van der Waals surface area contributed by atoms with Gasteiger partial charge in [-0.05, 0) is 49.4 Å². The van der Waals surface area contributed by atoms with Gasteiger partial charge in [0.25, 0.3) is 0 Å². The molecule has 0 aromatic heterocycles. The zero-order valence-electron chi connectivity index (χ0n) is 11.6. The molecule has 2 saturated carbocycles. The zero-order valence-corrected chi connectivity index (χ0v) is 11.6. The Balaban J connectivity index is 2.13. The predicted molar refractivity (Wildman–Crippen MR) is 69.8 cm³/mol. The summed E-state index contributed by atoms with van der Waals surface area (Å²) in [4.78, 5) is 10.5. The Hall–Kier alpha value is -0.410. The summed E-state index contributed by atoms with van der Waals surface area (Å²) in [6.45, 7) is 4.44. The van der Waals surface area contributed by atoms with Gasteiger partial charge in [0, 0.05) is 18.8 Å². The van der Waals surface area contributed by atoms with Crippen molar-refractivity contribution in [2.75, 3.05) is 0 Å². The molecule has 0 bridgehead atoms. The number of carbonyl (C=O) groups is 1.